The molecule has 4 nitrogen and oxygen atoms in total. The van der Waals surface area contributed by atoms with E-state index in [0.717, 1.165) is 6.42 Å². The normalized spacial score (nSPS) is 9.18. The Kier molecular flexibility index (Phi) is 16.2. The Morgan fingerprint density at radius 1 is 1.36 bits per heavy atom. The molecule has 0 fully saturated rings. The molecule has 0 spiro atoms. The van der Waals surface area contributed by atoms with Gasteiger partial charge < -0.3 is 11.5 Å². The Labute approximate surface area is 76.7 Å². The van der Waals surface area contributed by atoms with E-state index in [-0.39, 0.29) is 0 Å². The molecule has 0 aliphatic carbocycles. The van der Waals surface area contributed by atoms with Crippen LogP contribution >= 0.6 is 0 Å². The van der Waals surface area contributed by atoms with Gasteiger partial charge in [0, 0.05) is 0 Å². The Bertz CT molecular complexity index is 79.0. The third kappa shape index (κ3) is 13.3. The van der Waals surface area contributed by atoms with Crippen LogP contribution in [0.5, 0.6) is 0 Å². The molecule has 0 saturated heterocycles. The second-order valence-electron chi connectivity index (χ2n) is 1.93. The monoisotopic (exact) mass is 343 g/mol. The van der Waals surface area contributed by atoms with Crippen LogP contribution in [0.3, 0.4) is 0 Å². The summed E-state index contributed by atoms with van der Waals surface area (Å²) in [5.74, 6) is 0.437. The van der Waals surface area contributed by atoms with Crippen LogP contribution in [0.25, 0.3) is 0 Å². The third-order valence-corrected chi connectivity index (χ3v) is 1.17. The number of rotatable bonds is 4. The van der Waals surface area contributed by atoms with E-state index in [9.17, 15) is 0 Å². The summed E-state index contributed by atoms with van der Waals surface area (Å²) in [5.41, 5.74) is 10.7. The minimum atomic E-state index is -1.42. The molecule has 5 heteroatoms. The molecule has 72 valence electrons. The fourth-order valence-corrected chi connectivity index (χ4v) is 0.524. The first-order valence-corrected chi connectivity index (χ1v) is 5.17. The molecule has 0 atom stereocenters. The zero-order valence-corrected chi connectivity index (χ0v) is 8.62. The quantitative estimate of drug-likeness (QED) is 0.492. The summed E-state index contributed by atoms with van der Waals surface area (Å²) in [4.78, 5) is 0. The van der Waals surface area contributed by atoms with Gasteiger partial charge in [0.2, 0.25) is 0 Å². The Balaban J connectivity index is 0. The Morgan fingerprint density at radius 3 is 1.82 bits per heavy atom. The van der Waals surface area contributed by atoms with E-state index in [1.54, 1.807) is 0 Å². The molecule has 0 saturated carbocycles. The van der Waals surface area contributed by atoms with E-state index in [2.05, 4.69) is 6.58 Å². The summed E-state index contributed by atoms with van der Waals surface area (Å²) in [6.07, 6.45) is 2.79. The number of hydrogen-bond donors (Lipinski definition) is 4. The molecule has 11 heavy (non-hydrogen) atoms. The van der Waals surface area contributed by atoms with Gasteiger partial charge in [0.15, 0.2) is 0 Å². The molecule has 0 aromatic heterocycles. The van der Waals surface area contributed by atoms with E-state index >= 15 is 0 Å². The summed E-state index contributed by atoms with van der Waals surface area (Å²) >= 11 is -1.42. The second-order valence-corrected chi connectivity index (χ2v) is 2.38. The van der Waals surface area contributed by atoms with E-state index in [1.807, 2.05) is 6.08 Å². The number of hydrogen-bond acceptors (Lipinski definition) is 4. The summed E-state index contributed by atoms with van der Waals surface area (Å²) in [6, 6.07) is 0. The molecule has 0 amide bonds. The van der Waals surface area contributed by atoms with Crippen molar-refractivity contribution in [1.29, 1.82) is 0 Å². The molecule has 0 aromatic carbocycles. The van der Waals surface area contributed by atoms with Crippen molar-refractivity contribution in [2.24, 2.45) is 17.4 Å². The van der Waals surface area contributed by atoms with Crippen LogP contribution in [0, 0.1) is 5.92 Å². The van der Waals surface area contributed by atoms with Gasteiger partial charge in [-0.1, -0.05) is 6.08 Å². The van der Waals surface area contributed by atoms with E-state index < -0.39 is 19.3 Å². The van der Waals surface area contributed by atoms with Crippen LogP contribution < -0.4 is 11.5 Å². The topological polar surface area (TPSA) is 92.5 Å². The predicted octanol–water partition coefficient (Wildman–Crippen LogP) is -1.02. The van der Waals surface area contributed by atoms with Crippen molar-refractivity contribution in [3.8, 4) is 0 Å². The van der Waals surface area contributed by atoms with Crippen LogP contribution in [0.1, 0.15) is 6.42 Å². The minimum absolute atomic E-state index is 0.437. The molecule has 0 radical (unpaired) electrons. The van der Waals surface area contributed by atoms with E-state index in [1.165, 1.54) is 0 Å². The summed E-state index contributed by atoms with van der Waals surface area (Å²) < 4.78 is 14.5. The van der Waals surface area contributed by atoms with Crippen molar-refractivity contribution in [3.63, 3.8) is 0 Å². The Morgan fingerprint density at radius 2 is 1.73 bits per heavy atom. The number of nitrogens with two attached hydrogens (primary N) is 2. The molecule has 0 aliphatic rings. The average molecular weight is 343 g/mol. The van der Waals surface area contributed by atoms with E-state index in [0.29, 0.717) is 19.0 Å². The summed E-state index contributed by atoms with van der Waals surface area (Å²) in [6.45, 7) is 4.92. The van der Waals surface area contributed by atoms with Crippen LogP contribution in [-0.4, -0.2) is 20.6 Å². The van der Waals surface area contributed by atoms with Gasteiger partial charge in [-0.15, -0.1) is 6.58 Å². The molecule has 0 unspecified atom stereocenters. The van der Waals surface area contributed by atoms with Crippen LogP contribution in [0.2, 0.25) is 0 Å². The average Bonchev–Trinajstić information content (AvgIpc) is 2.02. The maximum atomic E-state index is 7.24. The van der Waals surface area contributed by atoms with Crippen LogP contribution in [0.15, 0.2) is 12.7 Å². The molecule has 0 aromatic rings. The fourth-order valence-electron chi connectivity index (χ4n) is 0.524. The molecule has 0 heterocycles. The molecule has 6 N–H and O–H groups in total. The molecular weight excluding hydrogens is 327 g/mol. The van der Waals surface area contributed by atoms with Crippen molar-refractivity contribution in [1.82, 2.24) is 0 Å². The van der Waals surface area contributed by atoms with Crippen molar-refractivity contribution >= 4 is 0 Å². The van der Waals surface area contributed by atoms with Crippen molar-refractivity contribution < 1.29 is 26.8 Å². The first-order valence-electron chi connectivity index (χ1n) is 3.14. The standard InChI is InChI=1S/C6H14N2.2H2O.Pt/c1-2-3-6(4-7)5-8;;;/h2,6H,1,3-5,7-8H2;2*1H2;/q;;;+2/p-2. The maximum absolute atomic E-state index is 7.24. The fraction of sp³-hybridized carbons (Fsp3) is 0.667. The third-order valence-electron chi connectivity index (χ3n) is 1.17. The molecular formula is C6H16N2O2Pt. The van der Waals surface area contributed by atoms with Crippen molar-refractivity contribution in [2.75, 3.05) is 13.1 Å². The SMILES string of the molecule is C=CCC(CN)CN.[OH][Pt][OH]. The van der Waals surface area contributed by atoms with Gasteiger partial charge in [0.25, 0.3) is 0 Å². The van der Waals surface area contributed by atoms with Gasteiger partial charge in [-0.2, -0.15) is 0 Å². The predicted molar refractivity (Wildman–Crippen MR) is 40.9 cm³/mol. The van der Waals surface area contributed by atoms with Gasteiger partial charge in [0.1, 0.15) is 0 Å². The van der Waals surface area contributed by atoms with Crippen molar-refractivity contribution in [3.05, 3.63) is 12.7 Å². The van der Waals surface area contributed by atoms with Gasteiger partial charge >= 0.3 is 26.8 Å². The van der Waals surface area contributed by atoms with Crippen molar-refractivity contribution in [2.45, 2.75) is 6.42 Å². The van der Waals surface area contributed by atoms with Crippen LogP contribution in [0.4, 0.5) is 0 Å². The number of allylic oxidation sites excluding steroid dienone is 1. The first-order chi connectivity index (χ1) is 5.26. The van der Waals surface area contributed by atoms with Gasteiger partial charge in [-0.3, -0.25) is 0 Å². The van der Waals surface area contributed by atoms with Gasteiger partial charge in [-0.05, 0) is 25.4 Å². The summed E-state index contributed by atoms with van der Waals surface area (Å²) in [7, 11) is 0. The Hall–Kier alpha value is 0.268. The zero-order chi connectivity index (χ0) is 9.11. The van der Waals surface area contributed by atoms with E-state index in [4.69, 9.17) is 19.0 Å². The molecule has 0 bridgehead atoms. The summed E-state index contributed by atoms with van der Waals surface area (Å²) in [5, 5.41) is 0. The first kappa shape index (κ1) is 13.8. The zero-order valence-electron chi connectivity index (χ0n) is 6.35. The second kappa shape index (κ2) is 12.9. The van der Waals surface area contributed by atoms with Crippen LogP contribution in [-0.2, 0) is 19.3 Å². The van der Waals surface area contributed by atoms with Gasteiger partial charge in [0.05, 0.1) is 0 Å². The van der Waals surface area contributed by atoms with Gasteiger partial charge in [-0.25, -0.2) is 0 Å². The molecule has 0 aliphatic heterocycles. The molecule has 0 rings (SSSR count).